The second-order valence-electron chi connectivity index (χ2n) is 1.41. The van der Waals surface area contributed by atoms with Gasteiger partial charge in [0.1, 0.15) is 0 Å². The van der Waals surface area contributed by atoms with E-state index in [9.17, 15) is 0 Å². The van der Waals surface area contributed by atoms with Gasteiger partial charge in [0.05, 0.1) is 0 Å². The van der Waals surface area contributed by atoms with E-state index >= 15 is 0 Å². The minimum atomic E-state index is 1.50. The molecule has 0 spiro atoms. The van der Waals surface area contributed by atoms with Crippen molar-refractivity contribution in [1.82, 2.24) is 0 Å². The number of hydrogen-bond donors (Lipinski definition) is 0. The van der Waals surface area contributed by atoms with Gasteiger partial charge in [-0.15, -0.1) is 0 Å². The molecule has 0 heterocycles. The molecular formula is C4H9PS. The standard InChI is InChI=1S/C4H8.HPS/c1-2-4-3-1;1-2/h1-4H2;1H. The molecule has 0 radical (unpaired) electrons. The lowest BCUT2D eigenvalue weighted by Gasteiger charge is -2.05. The summed E-state index contributed by atoms with van der Waals surface area (Å²) in [5.41, 5.74) is 0. The van der Waals surface area contributed by atoms with E-state index in [2.05, 4.69) is 19.8 Å². The summed E-state index contributed by atoms with van der Waals surface area (Å²) in [7, 11) is 2.56. The molecule has 1 aliphatic rings. The molecule has 0 saturated heterocycles. The van der Waals surface area contributed by atoms with Crippen LogP contribution in [0.5, 0.6) is 0 Å². The quantitative estimate of drug-likeness (QED) is 0.441. The fourth-order valence-electron chi connectivity index (χ4n) is 0.250. The molecule has 2 heteroatoms. The highest BCUT2D eigenvalue weighted by atomic mass is 32.4. The zero-order valence-electron chi connectivity index (χ0n) is 3.74. The zero-order chi connectivity index (χ0) is 4.83. The van der Waals surface area contributed by atoms with Crippen molar-refractivity contribution >= 4 is 19.8 Å². The predicted molar refractivity (Wildman–Crippen MR) is 34.1 cm³/mol. The largest absolute Gasteiger partial charge is 0.0615 e. The van der Waals surface area contributed by atoms with Crippen LogP contribution in [0.2, 0.25) is 0 Å². The first-order chi connectivity index (χ1) is 3.00. The second-order valence-corrected chi connectivity index (χ2v) is 1.41. The first kappa shape index (κ1) is 6.52. The molecule has 0 nitrogen and oxygen atoms in total. The van der Waals surface area contributed by atoms with E-state index in [1.54, 1.807) is 0 Å². The van der Waals surface area contributed by atoms with Gasteiger partial charge in [-0.3, -0.25) is 0 Å². The van der Waals surface area contributed by atoms with Crippen LogP contribution >= 0.6 is 8.02 Å². The molecule has 6 heavy (non-hydrogen) atoms. The molecule has 0 aliphatic heterocycles. The molecule has 1 saturated carbocycles. The molecule has 0 amide bonds. The van der Waals surface area contributed by atoms with Crippen LogP contribution in [-0.2, 0) is 11.8 Å². The van der Waals surface area contributed by atoms with Gasteiger partial charge in [0.2, 0.25) is 0 Å². The lowest BCUT2D eigenvalue weighted by Crippen LogP contribution is -1.85. The Hall–Kier alpha value is 0.520. The SMILES string of the molecule is C1CCC1.P=S. The third-order valence-corrected chi connectivity index (χ3v) is 1.000. The van der Waals surface area contributed by atoms with Gasteiger partial charge >= 0.3 is 0 Å². The zero-order valence-corrected chi connectivity index (χ0v) is 5.55. The van der Waals surface area contributed by atoms with E-state index < -0.39 is 0 Å². The molecule has 0 unspecified atom stereocenters. The van der Waals surface area contributed by atoms with Crippen molar-refractivity contribution in [3.63, 3.8) is 0 Å². The van der Waals surface area contributed by atoms with Gasteiger partial charge in [0, 0.05) is 0 Å². The fourth-order valence-corrected chi connectivity index (χ4v) is 0.250. The maximum Gasteiger partial charge on any atom is -0.0437 e. The molecule has 0 aromatic rings. The average molecular weight is 120 g/mol. The maximum atomic E-state index is 3.89. The van der Waals surface area contributed by atoms with Crippen molar-refractivity contribution < 1.29 is 0 Å². The van der Waals surface area contributed by atoms with E-state index in [1.165, 1.54) is 25.7 Å². The van der Waals surface area contributed by atoms with Crippen LogP contribution in [0.1, 0.15) is 25.7 Å². The van der Waals surface area contributed by atoms with E-state index in [0.29, 0.717) is 0 Å². The first-order valence-electron chi connectivity index (χ1n) is 2.20. The molecule has 1 aliphatic carbocycles. The van der Waals surface area contributed by atoms with Crippen molar-refractivity contribution in [2.45, 2.75) is 25.7 Å². The Morgan fingerprint density at radius 1 is 0.833 bits per heavy atom. The van der Waals surface area contributed by atoms with Gasteiger partial charge < -0.3 is 0 Å². The summed E-state index contributed by atoms with van der Waals surface area (Å²) in [4.78, 5) is 0. The molecule has 1 fully saturated rings. The molecule has 1 rings (SSSR count). The monoisotopic (exact) mass is 120 g/mol. The summed E-state index contributed by atoms with van der Waals surface area (Å²) >= 11 is 3.89. The highest BCUT2D eigenvalue weighted by molar-refractivity contribution is 7.88. The normalized spacial score (nSPS) is 16.7. The summed E-state index contributed by atoms with van der Waals surface area (Å²) in [6.07, 6.45) is 6.00. The Balaban J connectivity index is 0.000000112. The van der Waals surface area contributed by atoms with Gasteiger partial charge in [-0.2, -0.15) is 0 Å². The Morgan fingerprint density at radius 2 is 1.00 bits per heavy atom. The Bertz CT molecular complexity index is 22.7. The fraction of sp³-hybridized carbons (Fsp3) is 1.00. The molecule has 0 bridgehead atoms. The summed E-state index contributed by atoms with van der Waals surface area (Å²) in [6.45, 7) is 0. The van der Waals surface area contributed by atoms with Crippen LogP contribution in [0.4, 0.5) is 0 Å². The van der Waals surface area contributed by atoms with Crippen molar-refractivity contribution in [2.24, 2.45) is 0 Å². The highest BCUT2D eigenvalue weighted by Gasteiger charge is 1.95. The van der Waals surface area contributed by atoms with Gasteiger partial charge in [-0.1, -0.05) is 37.5 Å². The van der Waals surface area contributed by atoms with Crippen molar-refractivity contribution in [1.29, 1.82) is 0 Å². The topological polar surface area (TPSA) is 0 Å². The van der Waals surface area contributed by atoms with E-state index in [0.717, 1.165) is 0 Å². The van der Waals surface area contributed by atoms with Gasteiger partial charge in [0.25, 0.3) is 0 Å². The average Bonchev–Trinajstić information content (AvgIpc) is 1.36. The smallest absolute Gasteiger partial charge is 0.0437 e. The third kappa shape index (κ3) is 2.74. The maximum absolute atomic E-state index is 3.89. The Morgan fingerprint density at radius 3 is 1.00 bits per heavy atom. The van der Waals surface area contributed by atoms with Crippen molar-refractivity contribution in [3.8, 4) is 0 Å². The van der Waals surface area contributed by atoms with E-state index in [1.807, 2.05) is 0 Å². The Kier molecular flexibility index (Phi) is 6.00. The minimum absolute atomic E-state index is 1.50. The third-order valence-electron chi connectivity index (χ3n) is 1.000. The van der Waals surface area contributed by atoms with Crippen LogP contribution in [-0.4, -0.2) is 0 Å². The van der Waals surface area contributed by atoms with Crippen LogP contribution in [0.25, 0.3) is 0 Å². The first-order valence-corrected chi connectivity index (χ1v) is 3.84. The lowest BCUT2D eigenvalue weighted by molar-refractivity contribution is 0.504. The molecule has 0 aromatic carbocycles. The summed E-state index contributed by atoms with van der Waals surface area (Å²) < 4.78 is 0. The summed E-state index contributed by atoms with van der Waals surface area (Å²) in [5, 5.41) is 0. The van der Waals surface area contributed by atoms with Crippen molar-refractivity contribution in [2.75, 3.05) is 0 Å². The predicted octanol–water partition coefficient (Wildman–Crippen LogP) is 2.15. The summed E-state index contributed by atoms with van der Waals surface area (Å²) in [6, 6.07) is 0. The van der Waals surface area contributed by atoms with Gasteiger partial charge in [-0.05, 0) is 8.02 Å². The van der Waals surface area contributed by atoms with E-state index in [-0.39, 0.29) is 0 Å². The van der Waals surface area contributed by atoms with Gasteiger partial charge in [-0.25, -0.2) is 0 Å². The van der Waals surface area contributed by atoms with Gasteiger partial charge in [0.15, 0.2) is 0 Å². The summed E-state index contributed by atoms with van der Waals surface area (Å²) in [5.74, 6) is 0. The van der Waals surface area contributed by atoms with Crippen molar-refractivity contribution in [3.05, 3.63) is 0 Å². The molecule has 36 valence electrons. The second kappa shape index (κ2) is 5.52. The number of hydrogen-bond acceptors (Lipinski definition) is 1. The lowest BCUT2D eigenvalue weighted by atomic mass is 10.0. The van der Waals surface area contributed by atoms with Crippen LogP contribution in [0.15, 0.2) is 0 Å². The minimum Gasteiger partial charge on any atom is -0.0615 e. The molecule has 0 N–H and O–H groups in total. The van der Waals surface area contributed by atoms with E-state index in [4.69, 9.17) is 0 Å². The molecule has 0 atom stereocenters. The molecule has 0 aromatic heterocycles. The number of rotatable bonds is 0. The van der Waals surface area contributed by atoms with Crippen LogP contribution in [0.3, 0.4) is 0 Å². The highest BCUT2D eigenvalue weighted by Crippen LogP contribution is 2.15. The Labute approximate surface area is 46.2 Å². The van der Waals surface area contributed by atoms with Crippen LogP contribution < -0.4 is 0 Å². The molecular weight excluding hydrogens is 111 g/mol. The van der Waals surface area contributed by atoms with Crippen LogP contribution in [0, 0.1) is 0 Å².